The van der Waals surface area contributed by atoms with Gasteiger partial charge in [-0.1, -0.05) is 63.2 Å². The monoisotopic (exact) mass is 463 g/mol. The highest BCUT2D eigenvalue weighted by molar-refractivity contribution is 8.00. The molecule has 0 radical (unpaired) electrons. The van der Waals surface area contributed by atoms with Crippen LogP contribution < -0.4 is 5.43 Å². The molecule has 5 nitrogen and oxygen atoms in total. The summed E-state index contributed by atoms with van der Waals surface area (Å²) in [5.74, 6) is 1.14. The van der Waals surface area contributed by atoms with Crippen molar-refractivity contribution in [2.24, 2.45) is 16.4 Å². The molecule has 1 atom stereocenters. The van der Waals surface area contributed by atoms with E-state index in [-0.39, 0.29) is 17.2 Å². The van der Waals surface area contributed by atoms with Crippen molar-refractivity contribution in [3.05, 3.63) is 71.3 Å². The van der Waals surface area contributed by atoms with Crippen molar-refractivity contribution in [2.75, 3.05) is 5.75 Å². The molecule has 1 aliphatic heterocycles. The second-order valence-corrected chi connectivity index (χ2v) is 11.1. The maximum atomic E-state index is 12.6. The number of carbonyl (C=O) groups excluding carboxylic acids is 2. The second kappa shape index (κ2) is 10.1. The fourth-order valence-electron chi connectivity index (χ4n) is 4.60. The Hall–Kier alpha value is -2.60. The lowest BCUT2D eigenvalue weighted by Gasteiger charge is -2.34. The second-order valence-electron chi connectivity index (χ2n) is 10.1. The summed E-state index contributed by atoms with van der Waals surface area (Å²) in [5, 5.41) is 4.37. The highest BCUT2D eigenvalue weighted by Gasteiger charge is 2.33. The molecule has 0 spiro atoms. The number of hydrogen-bond donors (Lipinski definition) is 1. The van der Waals surface area contributed by atoms with E-state index in [1.54, 1.807) is 11.8 Å². The fourth-order valence-corrected chi connectivity index (χ4v) is 5.79. The van der Waals surface area contributed by atoms with Crippen LogP contribution >= 0.6 is 11.8 Å². The average molecular weight is 464 g/mol. The quantitative estimate of drug-likeness (QED) is 0.572. The van der Waals surface area contributed by atoms with Gasteiger partial charge in [-0.05, 0) is 60.3 Å². The van der Waals surface area contributed by atoms with Gasteiger partial charge in [0.05, 0.1) is 5.75 Å². The van der Waals surface area contributed by atoms with Gasteiger partial charge in [0.2, 0.25) is 5.91 Å². The van der Waals surface area contributed by atoms with Crippen molar-refractivity contribution in [3.63, 3.8) is 0 Å². The molecule has 6 heteroatoms. The summed E-state index contributed by atoms with van der Waals surface area (Å²) in [7, 11) is 0. The largest absolute Gasteiger partial charge is 0.322 e. The number of carbonyl (C=O) groups is 2. The van der Waals surface area contributed by atoms with Crippen LogP contribution in [0.1, 0.15) is 73.3 Å². The minimum atomic E-state index is -0.191. The zero-order valence-corrected chi connectivity index (χ0v) is 20.5. The predicted molar refractivity (Wildman–Crippen MR) is 135 cm³/mol. The van der Waals surface area contributed by atoms with Crippen LogP contribution in [0.25, 0.3) is 0 Å². The van der Waals surface area contributed by atoms with Crippen molar-refractivity contribution < 1.29 is 9.59 Å². The summed E-state index contributed by atoms with van der Waals surface area (Å²) in [4.78, 5) is 27.0. The summed E-state index contributed by atoms with van der Waals surface area (Å²) < 4.78 is 0. The molecule has 33 heavy (non-hydrogen) atoms. The van der Waals surface area contributed by atoms with Crippen molar-refractivity contribution in [1.82, 2.24) is 10.3 Å². The molecule has 2 fully saturated rings. The van der Waals surface area contributed by atoms with Gasteiger partial charge in [-0.2, -0.15) is 5.10 Å². The molecule has 2 aromatic rings. The van der Waals surface area contributed by atoms with E-state index in [0.29, 0.717) is 29.2 Å². The molecule has 1 saturated carbocycles. The highest BCUT2D eigenvalue weighted by Crippen LogP contribution is 2.39. The van der Waals surface area contributed by atoms with E-state index in [9.17, 15) is 9.59 Å². The van der Waals surface area contributed by atoms with Gasteiger partial charge >= 0.3 is 0 Å². The number of amides is 2. The van der Waals surface area contributed by atoms with Crippen LogP contribution in [0.15, 0.2) is 59.7 Å². The molecular formula is C27H33N3O2S. The van der Waals surface area contributed by atoms with E-state index in [0.717, 1.165) is 42.5 Å². The van der Waals surface area contributed by atoms with Crippen LogP contribution in [0.4, 0.5) is 0 Å². The van der Waals surface area contributed by atoms with Crippen LogP contribution in [0.5, 0.6) is 0 Å². The first-order valence-corrected chi connectivity index (χ1v) is 12.8. The zero-order valence-electron chi connectivity index (χ0n) is 19.7. The Bertz CT molecular complexity index is 1000. The van der Waals surface area contributed by atoms with E-state index in [2.05, 4.69) is 31.3 Å². The third kappa shape index (κ3) is 5.85. The number of rotatable bonds is 5. The third-order valence-corrected chi connectivity index (χ3v) is 7.98. The van der Waals surface area contributed by atoms with Gasteiger partial charge in [0, 0.05) is 17.8 Å². The lowest BCUT2D eigenvalue weighted by molar-refractivity contribution is -0.128. The fraction of sp³-hybridized carbons (Fsp3) is 0.444. The molecule has 174 valence electrons. The molecule has 0 bridgehead atoms. The Kier molecular flexibility index (Phi) is 7.23. The average Bonchev–Trinajstić information content (AvgIpc) is 3.18. The van der Waals surface area contributed by atoms with Crippen molar-refractivity contribution >= 4 is 29.3 Å². The van der Waals surface area contributed by atoms with Crippen molar-refractivity contribution in [1.29, 1.82) is 0 Å². The number of nitrogens with zero attached hydrogens (tertiary/aromatic N) is 2. The summed E-state index contributed by atoms with van der Waals surface area (Å²) >= 11 is 1.63. The Morgan fingerprint density at radius 2 is 1.73 bits per heavy atom. The smallest absolute Gasteiger partial charge is 0.271 e. The molecule has 1 N–H and O–H groups in total. The van der Waals surface area contributed by atoms with Gasteiger partial charge in [-0.3, -0.25) is 9.59 Å². The summed E-state index contributed by atoms with van der Waals surface area (Å²) in [6.07, 6.45) is 4.16. The number of hydrogen-bond acceptors (Lipinski definition) is 4. The van der Waals surface area contributed by atoms with Gasteiger partial charge in [0.15, 0.2) is 0 Å². The molecular weight excluding hydrogens is 430 g/mol. The van der Waals surface area contributed by atoms with Crippen molar-refractivity contribution in [3.8, 4) is 0 Å². The maximum Gasteiger partial charge on any atom is 0.271 e. The first kappa shape index (κ1) is 23.6. The molecule has 2 aliphatic rings. The number of thioether (sulfide) groups is 1. The lowest BCUT2D eigenvalue weighted by atomic mass is 9.72. The highest BCUT2D eigenvalue weighted by atomic mass is 32.2. The maximum absolute atomic E-state index is 12.6. The number of hydrazone groups is 1. The topological polar surface area (TPSA) is 61.8 Å². The molecule has 0 aromatic heterocycles. The number of benzene rings is 2. The predicted octanol–water partition coefficient (Wildman–Crippen LogP) is 5.78. The van der Waals surface area contributed by atoms with Crippen LogP contribution in [0, 0.1) is 11.3 Å². The van der Waals surface area contributed by atoms with Gasteiger partial charge in [0.1, 0.15) is 5.37 Å². The minimum Gasteiger partial charge on any atom is -0.322 e. The first-order chi connectivity index (χ1) is 15.8. The Balaban J connectivity index is 1.36. The Morgan fingerprint density at radius 1 is 1.06 bits per heavy atom. The zero-order chi connectivity index (χ0) is 23.4. The molecule has 4 rings (SSSR count). The van der Waals surface area contributed by atoms with Crippen LogP contribution in [0.3, 0.4) is 0 Å². The van der Waals surface area contributed by atoms with E-state index >= 15 is 0 Å². The normalized spacial score (nSPS) is 21.2. The van der Waals surface area contributed by atoms with Gasteiger partial charge in [-0.15, -0.1) is 11.8 Å². The molecule has 2 amide bonds. The summed E-state index contributed by atoms with van der Waals surface area (Å²) in [6, 6.07) is 17.6. The van der Waals surface area contributed by atoms with Gasteiger partial charge < -0.3 is 4.90 Å². The summed E-state index contributed by atoms with van der Waals surface area (Å²) in [5.41, 5.74) is 6.88. The molecule has 2 aromatic carbocycles. The van der Waals surface area contributed by atoms with E-state index in [1.807, 2.05) is 59.5 Å². The molecule has 1 heterocycles. The molecule has 1 aliphatic carbocycles. The Morgan fingerprint density at radius 3 is 2.36 bits per heavy atom. The summed E-state index contributed by atoms with van der Waals surface area (Å²) in [6.45, 7) is 7.48. The third-order valence-electron chi connectivity index (χ3n) is 6.72. The van der Waals surface area contributed by atoms with Crippen LogP contribution in [-0.4, -0.2) is 28.2 Å². The number of nitrogens with one attached hydrogen (secondary N) is 1. The van der Waals surface area contributed by atoms with E-state index < -0.39 is 0 Å². The van der Waals surface area contributed by atoms with Crippen molar-refractivity contribution in [2.45, 2.75) is 58.4 Å². The molecule has 1 saturated heterocycles. The lowest BCUT2D eigenvalue weighted by Crippen LogP contribution is -2.28. The standard InChI is InChI=1S/C27H33N3O2S/c1-27(2,3)22-13-15-23(16-14-22)28-29-25(32)20-9-11-21(12-10-20)26-30(24(31)18-33-26)17-19-7-5-4-6-8-19/h4-12,22,26H,13-18H2,1-3H3,(H,29,32). The van der Waals surface area contributed by atoms with E-state index in [1.165, 1.54) is 0 Å². The van der Waals surface area contributed by atoms with Gasteiger partial charge in [0.25, 0.3) is 5.91 Å². The minimum absolute atomic E-state index is 0.0342. The van der Waals surface area contributed by atoms with Crippen LogP contribution in [-0.2, 0) is 11.3 Å². The van der Waals surface area contributed by atoms with E-state index in [4.69, 9.17) is 0 Å². The first-order valence-electron chi connectivity index (χ1n) is 11.7. The van der Waals surface area contributed by atoms with Gasteiger partial charge in [-0.25, -0.2) is 5.43 Å². The SMILES string of the molecule is CC(C)(C)C1CCC(=NNC(=O)c2ccc(C3SCC(=O)N3Cc3ccccc3)cc2)CC1. The molecule has 1 unspecified atom stereocenters. The van der Waals surface area contributed by atoms with Crippen LogP contribution in [0.2, 0.25) is 0 Å². The Labute approximate surface area is 201 Å².